The van der Waals surface area contributed by atoms with Crippen LogP contribution in [-0.2, 0) is 20.8 Å². The lowest BCUT2D eigenvalue weighted by Gasteiger charge is -2.04. The number of carbonyl (C=O) groups excluding carboxylic acids is 2. The van der Waals surface area contributed by atoms with E-state index >= 15 is 0 Å². The largest absolute Gasteiger partial charge is 0.465 e. The summed E-state index contributed by atoms with van der Waals surface area (Å²) in [5.41, 5.74) is 1.94. The summed E-state index contributed by atoms with van der Waals surface area (Å²) in [6.45, 7) is 2.23. The number of nitrogens with zero attached hydrogens (tertiary/aromatic N) is 1. The Hall–Kier alpha value is -3.10. The predicted octanol–water partition coefficient (Wildman–Crippen LogP) is 2.64. The fourth-order valence-electron chi connectivity index (χ4n) is 2.98. The summed E-state index contributed by atoms with van der Waals surface area (Å²) in [7, 11) is 1.32. The fraction of sp³-hybridized carbons (Fsp3) is 0.208. The molecule has 0 bridgehead atoms. The molecule has 8 heteroatoms. The highest BCUT2D eigenvalue weighted by Crippen LogP contribution is 2.15. The first-order chi connectivity index (χ1) is 15.4. The molecule has 0 atom stereocenters. The zero-order chi connectivity index (χ0) is 23.1. The van der Waals surface area contributed by atoms with Gasteiger partial charge in [-0.3, -0.25) is 9.36 Å². The third-order valence-corrected chi connectivity index (χ3v) is 6.40. The van der Waals surface area contributed by atoms with Crippen LogP contribution in [0.1, 0.15) is 28.4 Å². The molecule has 1 heterocycles. The molecule has 6 nitrogen and oxygen atoms in total. The molecule has 0 spiro atoms. The van der Waals surface area contributed by atoms with E-state index in [1.807, 2.05) is 36.6 Å². The smallest absolute Gasteiger partial charge is 0.337 e. The first-order valence-electron chi connectivity index (χ1n) is 9.86. The van der Waals surface area contributed by atoms with Crippen LogP contribution in [0.4, 0.5) is 0 Å². The number of hydrogen-bond acceptors (Lipinski definition) is 7. The van der Waals surface area contributed by atoms with Gasteiger partial charge < -0.3 is 9.47 Å². The second-order valence-electron chi connectivity index (χ2n) is 6.70. The Morgan fingerprint density at radius 3 is 2.38 bits per heavy atom. The van der Waals surface area contributed by atoms with Crippen LogP contribution in [0.2, 0.25) is 0 Å². The van der Waals surface area contributed by atoms with Crippen LogP contribution in [0.15, 0.2) is 58.2 Å². The van der Waals surface area contributed by atoms with E-state index in [0.717, 1.165) is 16.0 Å². The molecule has 0 saturated carbocycles. The van der Waals surface area contributed by atoms with E-state index in [-0.39, 0.29) is 18.7 Å². The normalized spacial score (nSPS) is 12.1. The van der Waals surface area contributed by atoms with Crippen molar-refractivity contribution < 1.29 is 19.1 Å². The van der Waals surface area contributed by atoms with E-state index in [9.17, 15) is 14.4 Å². The molecule has 3 aromatic rings. The summed E-state index contributed by atoms with van der Waals surface area (Å²) in [6.07, 6.45) is 5.16. The van der Waals surface area contributed by atoms with Crippen molar-refractivity contribution >= 4 is 47.2 Å². The van der Waals surface area contributed by atoms with Gasteiger partial charge in [0.15, 0.2) is 0 Å². The van der Waals surface area contributed by atoms with Crippen LogP contribution < -0.4 is 14.8 Å². The molecule has 0 aliphatic heterocycles. The van der Waals surface area contributed by atoms with Crippen molar-refractivity contribution in [1.82, 2.24) is 4.57 Å². The van der Waals surface area contributed by atoms with E-state index in [2.05, 4.69) is 0 Å². The van der Waals surface area contributed by atoms with Crippen molar-refractivity contribution in [3.8, 4) is 0 Å². The third-order valence-electron chi connectivity index (χ3n) is 4.59. The van der Waals surface area contributed by atoms with E-state index in [0.29, 0.717) is 14.8 Å². The van der Waals surface area contributed by atoms with Gasteiger partial charge in [0.25, 0.3) is 5.56 Å². The van der Waals surface area contributed by atoms with Crippen molar-refractivity contribution in [1.29, 1.82) is 0 Å². The van der Waals surface area contributed by atoms with Gasteiger partial charge in [-0.1, -0.05) is 24.3 Å². The van der Waals surface area contributed by atoms with Gasteiger partial charge in [-0.05, 0) is 54.6 Å². The van der Waals surface area contributed by atoms with Crippen LogP contribution in [0.25, 0.3) is 12.2 Å². The summed E-state index contributed by atoms with van der Waals surface area (Å²) in [4.78, 5) is 38.0. The first kappa shape index (κ1) is 23.6. The molecular formula is C24H23NO5S2. The quantitative estimate of drug-likeness (QED) is 0.391. The summed E-state index contributed by atoms with van der Waals surface area (Å²) in [5.74, 6) is -0.927. The van der Waals surface area contributed by atoms with Gasteiger partial charge >= 0.3 is 11.9 Å². The zero-order valence-corrected chi connectivity index (χ0v) is 19.6. The van der Waals surface area contributed by atoms with Crippen molar-refractivity contribution in [3.05, 3.63) is 84.8 Å². The van der Waals surface area contributed by atoms with Gasteiger partial charge in [-0.15, -0.1) is 23.1 Å². The average molecular weight is 470 g/mol. The standard InChI is InChI=1S/C24H23NO5S2/c1-4-30-22(26)14-21-25(15-17-5-9-18(10-6-17)24(28)29-2)23(27)20(32-21)13-16-7-11-19(31-3)12-8-16/h5-14H,4,15H2,1-3H3/b20-13-,21-14-. The maximum absolute atomic E-state index is 13.2. The molecular weight excluding hydrogens is 446 g/mol. The van der Waals surface area contributed by atoms with Crippen LogP contribution >= 0.6 is 23.1 Å². The Balaban J connectivity index is 2.04. The summed E-state index contributed by atoms with van der Waals surface area (Å²) in [5, 5.41) is 0. The number of rotatable bonds is 7. The van der Waals surface area contributed by atoms with E-state index < -0.39 is 11.9 Å². The van der Waals surface area contributed by atoms with Crippen LogP contribution in [0.5, 0.6) is 0 Å². The van der Waals surface area contributed by atoms with Crippen LogP contribution in [0, 0.1) is 0 Å². The maximum atomic E-state index is 13.2. The zero-order valence-electron chi connectivity index (χ0n) is 18.0. The van der Waals surface area contributed by atoms with Crippen molar-refractivity contribution in [2.24, 2.45) is 0 Å². The monoisotopic (exact) mass is 469 g/mol. The lowest BCUT2D eigenvalue weighted by Crippen LogP contribution is -2.32. The molecule has 0 unspecified atom stereocenters. The molecule has 32 heavy (non-hydrogen) atoms. The Morgan fingerprint density at radius 2 is 1.78 bits per heavy atom. The van der Waals surface area contributed by atoms with Crippen molar-refractivity contribution in [2.45, 2.75) is 18.4 Å². The van der Waals surface area contributed by atoms with Crippen LogP contribution in [0.3, 0.4) is 0 Å². The third kappa shape index (κ3) is 5.77. The molecule has 0 N–H and O–H groups in total. The number of methoxy groups -OCH3 is 1. The van der Waals surface area contributed by atoms with Gasteiger partial charge in [0.05, 0.1) is 36.4 Å². The van der Waals surface area contributed by atoms with Gasteiger partial charge in [-0.2, -0.15) is 0 Å². The lowest BCUT2D eigenvalue weighted by molar-refractivity contribution is -0.135. The minimum absolute atomic E-state index is 0.198. The number of benzene rings is 2. The number of thioether (sulfide) groups is 1. The number of aromatic nitrogens is 1. The van der Waals surface area contributed by atoms with E-state index in [1.54, 1.807) is 43.0 Å². The minimum atomic E-state index is -0.501. The van der Waals surface area contributed by atoms with E-state index in [1.165, 1.54) is 29.1 Å². The highest BCUT2D eigenvalue weighted by molar-refractivity contribution is 7.98. The molecule has 166 valence electrons. The predicted molar refractivity (Wildman–Crippen MR) is 128 cm³/mol. The molecule has 0 amide bonds. The van der Waals surface area contributed by atoms with Gasteiger partial charge in [0.1, 0.15) is 4.66 Å². The number of carbonyl (C=O) groups is 2. The van der Waals surface area contributed by atoms with Crippen molar-refractivity contribution in [2.75, 3.05) is 20.0 Å². The van der Waals surface area contributed by atoms with Crippen LogP contribution in [-0.4, -0.2) is 36.5 Å². The molecule has 0 fully saturated rings. The SMILES string of the molecule is CCOC(=O)/C=c1\s/c(=C\c2ccc(SC)cc2)c(=O)n1Cc1ccc(C(=O)OC)cc1. The molecule has 2 aromatic carbocycles. The first-order valence-corrected chi connectivity index (χ1v) is 11.9. The Kier molecular flexibility index (Phi) is 8.08. The second-order valence-corrected chi connectivity index (χ2v) is 8.64. The molecule has 0 aliphatic carbocycles. The fourth-order valence-corrected chi connectivity index (χ4v) is 4.41. The van der Waals surface area contributed by atoms with Gasteiger partial charge in [-0.25, -0.2) is 9.59 Å². The topological polar surface area (TPSA) is 74.6 Å². The minimum Gasteiger partial charge on any atom is -0.465 e. The van der Waals surface area contributed by atoms with Gasteiger partial charge in [0, 0.05) is 4.90 Å². The Morgan fingerprint density at radius 1 is 1.09 bits per heavy atom. The summed E-state index contributed by atoms with van der Waals surface area (Å²) in [6, 6.07) is 14.7. The van der Waals surface area contributed by atoms with E-state index in [4.69, 9.17) is 9.47 Å². The summed E-state index contributed by atoms with van der Waals surface area (Å²) < 4.78 is 12.3. The highest BCUT2D eigenvalue weighted by Gasteiger charge is 2.10. The average Bonchev–Trinajstić information content (AvgIpc) is 3.08. The maximum Gasteiger partial charge on any atom is 0.337 e. The number of ether oxygens (including phenoxy) is 2. The lowest BCUT2D eigenvalue weighted by atomic mass is 10.1. The molecule has 3 rings (SSSR count). The molecule has 0 aliphatic rings. The Bertz CT molecular complexity index is 1270. The number of esters is 2. The Labute approximate surface area is 193 Å². The number of thiazole rings is 1. The molecule has 1 aromatic heterocycles. The van der Waals surface area contributed by atoms with Crippen molar-refractivity contribution in [3.63, 3.8) is 0 Å². The molecule has 0 saturated heterocycles. The summed E-state index contributed by atoms with van der Waals surface area (Å²) >= 11 is 2.88. The van der Waals surface area contributed by atoms with Gasteiger partial charge in [0.2, 0.25) is 0 Å². The second kappa shape index (κ2) is 11.0. The molecule has 0 radical (unpaired) electrons. The number of hydrogen-bond donors (Lipinski definition) is 0. The highest BCUT2D eigenvalue weighted by atomic mass is 32.2.